The maximum absolute atomic E-state index is 12.0. The fourth-order valence-corrected chi connectivity index (χ4v) is 2.82. The molecule has 1 aromatic rings. The van der Waals surface area contributed by atoms with Gasteiger partial charge < -0.3 is 10.1 Å². The van der Waals surface area contributed by atoms with E-state index in [0.717, 1.165) is 43.4 Å². The van der Waals surface area contributed by atoms with E-state index in [1.165, 1.54) is 0 Å². The number of carbonyl (C=O) groups excluding carboxylic acids is 1. The normalized spacial score (nSPS) is 22.0. The van der Waals surface area contributed by atoms with Crippen LogP contribution in [-0.4, -0.2) is 29.6 Å². The van der Waals surface area contributed by atoms with Crippen molar-refractivity contribution in [2.45, 2.75) is 25.7 Å². The summed E-state index contributed by atoms with van der Waals surface area (Å²) >= 11 is 5.34. The highest BCUT2D eigenvalue weighted by Gasteiger charge is 2.20. The molecule has 4 nitrogen and oxygen atoms in total. The topological polar surface area (TPSA) is 51.2 Å². The highest BCUT2D eigenvalue weighted by atomic mass is 32.1. The maximum atomic E-state index is 12.0. The van der Waals surface area contributed by atoms with Gasteiger partial charge in [-0.25, -0.2) is 0 Å². The molecule has 0 aliphatic carbocycles. The van der Waals surface area contributed by atoms with Gasteiger partial charge in [0.05, 0.1) is 4.99 Å². The Morgan fingerprint density at radius 2 is 2.38 bits per heavy atom. The number of methoxy groups -OCH3 is 1. The minimum absolute atomic E-state index is 0.143. The minimum Gasteiger partial charge on any atom is -0.385 e. The third-order valence-corrected chi connectivity index (χ3v) is 4.05. The lowest BCUT2D eigenvalue weighted by Crippen LogP contribution is -2.34. The molecule has 1 aliphatic heterocycles. The molecule has 1 aromatic heterocycles. The van der Waals surface area contributed by atoms with E-state index in [1.807, 2.05) is 12.1 Å². The molecule has 0 saturated carbocycles. The van der Waals surface area contributed by atoms with Crippen molar-refractivity contribution in [3.63, 3.8) is 0 Å². The van der Waals surface area contributed by atoms with E-state index in [-0.39, 0.29) is 11.8 Å². The number of allylic oxidation sites excluding steroid dienone is 1. The molecular weight excluding hydrogens is 284 g/mol. The molecule has 1 N–H and O–H groups in total. The van der Waals surface area contributed by atoms with Crippen LogP contribution in [0.3, 0.4) is 0 Å². The number of hydrogen-bond acceptors (Lipinski definition) is 4. The van der Waals surface area contributed by atoms with Crippen LogP contribution in [0.15, 0.2) is 30.6 Å². The van der Waals surface area contributed by atoms with Crippen molar-refractivity contribution < 1.29 is 9.53 Å². The van der Waals surface area contributed by atoms with Gasteiger partial charge in [-0.1, -0.05) is 18.3 Å². The summed E-state index contributed by atoms with van der Waals surface area (Å²) < 4.78 is 5.09. The monoisotopic (exact) mass is 304 g/mol. The van der Waals surface area contributed by atoms with Gasteiger partial charge in [0, 0.05) is 38.1 Å². The van der Waals surface area contributed by atoms with E-state index in [0.29, 0.717) is 4.99 Å². The fraction of sp³-hybridized carbons (Fsp3) is 0.438. The molecule has 112 valence electrons. The molecule has 1 atom stereocenters. The van der Waals surface area contributed by atoms with E-state index >= 15 is 0 Å². The quantitative estimate of drug-likeness (QED) is 0.671. The van der Waals surface area contributed by atoms with E-state index in [1.54, 1.807) is 25.6 Å². The predicted molar refractivity (Wildman–Crippen MR) is 86.8 cm³/mol. The Balaban J connectivity index is 2.09. The standard InChI is InChI=1S/C16H20N2O2S/c1-20-9-3-5-12-6-7-13(10-15(19)18-16(12)21)14-4-2-8-17-11-14/h2,4,8,10-12H,3,5-7,9H2,1H3,(H,18,19,21)/b13-10+. The summed E-state index contributed by atoms with van der Waals surface area (Å²) in [6.07, 6.45) is 8.81. The molecule has 1 aliphatic rings. The molecule has 1 unspecified atom stereocenters. The number of pyridine rings is 1. The highest BCUT2D eigenvalue weighted by Crippen LogP contribution is 2.26. The maximum Gasteiger partial charge on any atom is 0.249 e. The molecule has 5 heteroatoms. The van der Waals surface area contributed by atoms with Crippen LogP contribution < -0.4 is 5.32 Å². The Bertz CT molecular complexity index is 528. The van der Waals surface area contributed by atoms with Crippen molar-refractivity contribution in [1.29, 1.82) is 0 Å². The average molecular weight is 304 g/mol. The van der Waals surface area contributed by atoms with Crippen LogP contribution in [0.5, 0.6) is 0 Å². The van der Waals surface area contributed by atoms with E-state index in [2.05, 4.69) is 10.3 Å². The van der Waals surface area contributed by atoms with E-state index in [9.17, 15) is 4.79 Å². The second kappa shape index (κ2) is 8.00. The fourth-order valence-electron chi connectivity index (χ4n) is 2.48. The molecule has 0 radical (unpaired) electrons. The molecule has 1 amide bonds. The first kappa shape index (κ1) is 15.8. The zero-order valence-electron chi connectivity index (χ0n) is 12.2. The van der Waals surface area contributed by atoms with Gasteiger partial charge in [-0.3, -0.25) is 9.78 Å². The van der Waals surface area contributed by atoms with Crippen LogP contribution >= 0.6 is 12.2 Å². The number of nitrogens with one attached hydrogen (secondary N) is 1. The zero-order chi connectivity index (χ0) is 15.1. The van der Waals surface area contributed by atoms with Crippen LogP contribution in [0.4, 0.5) is 0 Å². The number of nitrogens with zero attached hydrogens (tertiary/aromatic N) is 1. The molecule has 0 aromatic carbocycles. The smallest absolute Gasteiger partial charge is 0.249 e. The third kappa shape index (κ3) is 4.72. The summed E-state index contributed by atoms with van der Waals surface area (Å²) in [5, 5.41) is 2.81. The second-order valence-electron chi connectivity index (χ2n) is 5.14. The van der Waals surface area contributed by atoms with Crippen LogP contribution in [0, 0.1) is 5.92 Å². The van der Waals surface area contributed by atoms with Gasteiger partial charge >= 0.3 is 0 Å². The van der Waals surface area contributed by atoms with Crippen molar-refractivity contribution in [2.24, 2.45) is 5.92 Å². The SMILES string of the molecule is COCCCC1CC/C(c2cccnc2)=C\C(=O)NC1=S. The van der Waals surface area contributed by atoms with E-state index in [4.69, 9.17) is 17.0 Å². The number of ether oxygens (including phenoxy) is 1. The summed E-state index contributed by atoms with van der Waals surface area (Å²) in [4.78, 5) is 16.8. The minimum atomic E-state index is -0.143. The summed E-state index contributed by atoms with van der Waals surface area (Å²) in [5.41, 5.74) is 2.01. The van der Waals surface area contributed by atoms with Gasteiger partial charge in [0.25, 0.3) is 0 Å². The van der Waals surface area contributed by atoms with E-state index < -0.39 is 0 Å². The molecular formula is C16H20N2O2S. The van der Waals surface area contributed by atoms with Crippen molar-refractivity contribution in [3.8, 4) is 0 Å². The number of hydrogen-bond donors (Lipinski definition) is 1. The van der Waals surface area contributed by atoms with Gasteiger partial charge in [0.15, 0.2) is 0 Å². The molecule has 0 fully saturated rings. The number of amides is 1. The van der Waals surface area contributed by atoms with Crippen LogP contribution in [0.1, 0.15) is 31.2 Å². The van der Waals surface area contributed by atoms with Gasteiger partial charge in [0.1, 0.15) is 0 Å². The largest absolute Gasteiger partial charge is 0.385 e. The number of rotatable bonds is 5. The van der Waals surface area contributed by atoms with Crippen LogP contribution in [0.2, 0.25) is 0 Å². The molecule has 21 heavy (non-hydrogen) atoms. The van der Waals surface area contributed by atoms with Gasteiger partial charge in [-0.05, 0) is 42.9 Å². The Kier molecular flexibility index (Phi) is 6.02. The summed E-state index contributed by atoms with van der Waals surface area (Å²) in [7, 11) is 1.70. The van der Waals surface area contributed by atoms with Crippen molar-refractivity contribution in [1.82, 2.24) is 10.3 Å². The number of aromatic nitrogens is 1. The molecule has 0 bridgehead atoms. The van der Waals surface area contributed by atoms with Gasteiger partial charge in [-0.2, -0.15) is 0 Å². The first-order valence-corrected chi connectivity index (χ1v) is 7.56. The Morgan fingerprint density at radius 1 is 1.52 bits per heavy atom. The number of thiocarbonyl (C=S) groups is 1. The van der Waals surface area contributed by atoms with Gasteiger partial charge in [0.2, 0.25) is 5.91 Å². The van der Waals surface area contributed by atoms with Crippen LogP contribution in [-0.2, 0) is 9.53 Å². The van der Waals surface area contributed by atoms with Gasteiger partial charge in [-0.15, -0.1) is 0 Å². The molecule has 2 rings (SSSR count). The lowest BCUT2D eigenvalue weighted by atomic mass is 9.91. The Hall–Kier alpha value is -1.59. The van der Waals surface area contributed by atoms with Crippen molar-refractivity contribution >= 4 is 28.7 Å². The Labute approximate surface area is 130 Å². The third-order valence-electron chi connectivity index (χ3n) is 3.62. The Morgan fingerprint density at radius 3 is 3.10 bits per heavy atom. The summed E-state index contributed by atoms with van der Waals surface area (Å²) in [6, 6.07) is 3.86. The molecule has 0 spiro atoms. The molecule has 0 saturated heterocycles. The molecule has 2 heterocycles. The second-order valence-corrected chi connectivity index (χ2v) is 5.58. The highest BCUT2D eigenvalue weighted by molar-refractivity contribution is 7.80. The van der Waals surface area contributed by atoms with Crippen molar-refractivity contribution in [2.75, 3.05) is 13.7 Å². The summed E-state index contributed by atoms with van der Waals surface area (Å²) in [6.45, 7) is 0.721. The summed E-state index contributed by atoms with van der Waals surface area (Å²) in [5.74, 6) is 0.0785. The average Bonchev–Trinajstić information content (AvgIpc) is 2.48. The number of carbonyl (C=O) groups is 1. The van der Waals surface area contributed by atoms with Crippen LogP contribution in [0.25, 0.3) is 5.57 Å². The lowest BCUT2D eigenvalue weighted by Gasteiger charge is -2.21. The van der Waals surface area contributed by atoms with Crippen molar-refractivity contribution in [3.05, 3.63) is 36.2 Å². The first-order chi connectivity index (χ1) is 10.2. The first-order valence-electron chi connectivity index (χ1n) is 7.15. The predicted octanol–water partition coefficient (Wildman–Crippen LogP) is 2.75. The zero-order valence-corrected chi connectivity index (χ0v) is 13.0. The lowest BCUT2D eigenvalue weighted by molar-refractivity contribution is -0.115.